The predicted molar refractivity (Wildman–Crippen MR) is 101 cm³/mol. The number of imide groups is 1. The highest BCUT2D eigenvalue weighted by atomic mass is 35.5. The Kier molecular flexibility index (Phi) is 5.46. The summed E-state index contributed by atoms with van der Waals surface area (Å²) in [5.41, 5.74) is 1.32. The quantitative estimate of drug-likeness (QED) is 0.615. The molecule has 1 aliphatic heterocycles. The highest BCUT2D eigenvalue weighted by Crippen LogP contribution is 2.24. The minimum Gasteiger partial charge on any atom is -0.469 e. The maximum absolute atomic E-state index is 12.7. The molecular weight excluding hydrogens is 384 g/mol. The molecule has 0 fully saturated rings. The molecule has 0 aromatic heterocycles. The average molecular weight is 401 g/mol. The third-order valence-electron chi connectivity index (χ3n) is 4.53. The van der Waals surface area contributed by atoms with Crippen LogP contribution in [0.4, 0.5) is 0 Å². The van der Waals surface area contributed by atoms with Gasteiger partial charge in [0.15, 0.2) is 0 Å². The maximum Gasteiger partial charge on any atom is 0.307 e. The van der Waals surface area contributed by atoms with Crippen molar-refractivity contribution < 1.29 is 23.9 Å². The van der Waals surface area contributed by atoms with Crippen molar-refractivity contribution in [3.8, 4) is 0 Å². The fourth-order valence-electron chi connectivity index (χ4n) is 2.94. The Balaban J connectivity index is 1.86. The number of nitrogens with one attached hydrogen (secondary N) is 1. The fraction of sp³-hybridized carbons (Fsp3) is 0.200. The van der Waals surface area contributed by atoms with E-state index >= 15 is 0 Å². The van der Waals surface area contributed by atoms with Crippen molar-refractivity contribution >= 4 is 35.3 Å². The van der Waals surface area contributed by atoms with Crippen LogP contribution < -0.4 is 5.32 Å². The van der Waals surface area contributed by atoms with Crippen LogP contribution in [0.3, 0.4) is 0 Å². The number of hydrogen-bond donors (Lipinski definition) is 1. The van der Waals surface area contributed by atoms with Gasteiger partial charge in [-0.1, -0.05) is 23.7 Å². The van der Waals surface area contributed by atoms with Crippen molar-refractivity contribution in [1.82, 2.24) is 10.2 Å². The SMILES string of the molecule is COC(=O)C[C@@H](NC(=O)c1ccc2c(c1)C(=O)N(C)C2=O)c1ccc(Cl)cc1. The van der Waals surface area contributed by atoms with Crippen LogP contribution in [-0.2, 0) is 9.53 Å². The Morgan fingerprint density at radius 1 is 1.07 bits per heavy atom. The van der Waals surface area contributed by atoms with E-state index in [2.05, 4.69) is 5.32 Å². The molecular formula is C20H17ClN2O5. The zero-order valence-electron chi connectivity index (χ0n) is 15.2. The van der Waals surface area contributed by atoms with E-state index in [-0.39, 0.29) is 23.1 Å². The lowest BCUT2D eigenvalue weighted by Crippen LogP contribution is -2.30. The molecule has 144 valence electrons. The molecule has 0 aliphatic carbocycles. The second kappa shape index (κ2) is 7.82. The maximum atomic E-state index is 12.7. The minimum absolute atomic E-state index is 0.0744. The molecule has 1 atom stereocenters. The smallest absolute Gasteiger partial charge is 0.307 e. The van der Waals surface area contributed by atoms with E-state index in [9.17, 15) is 19.2 Å². The van der Waals surface area contributed by atoms with E-state index in [1.54, 1.807) is 24.3 Å². The molecule has 1 heterocycles. The van der Waals surface area contributed by atoms with Crippen molar-refractivity contribution in [1.29, 1.82) is 0 Å². The molecule has 28 heavy (non-hydrogen) atoms. The molecule has 1 N–H and O–H groups in total. The summed E-state index contributed by atoms with van der Waals surface area (Å²) in [4.78, 5) is 49.6. The van der Waals surface area contributed by atoms with E-state index in [4.69, 9.17) is 16.3 Å². The van der Waals surface area contributed by atoms with Crippen LogP contribution in [0.15, 0.2) is 42.5 Å². The standard InChI is InChI=1S/C20H17ClN2O5/c1-23-19(26)14-8-5-12(9-15(14)20(23)27)18(25)22-16(10-17(24)28-2)11-3-6-13(21)7-4-11/h3-9,16H,10H2,1-2H3,(H,22,25)/t16-/m1/s1. The lowest BCUT2D eigenvalue weighted by Gasteiger charge is -2.18. The van der Waals surface area contributed by atoms with Crippen LogP contribution in [0.2, 0.25) is 5.02 Å². The van der Waals surface area contributed by atoms with Crippen LogP contribution in [0.5, 0.6) is 0 Å². The van der Waals surface area contributed by atoms with E-state index in [0.717, 1.165) is 4.90 Å². The molecule has 0 unspecified atom stereocenters. The largest absolute Gasteiger partial charge is 0.469 e. The second-order valence-corrected chi connectivity index (χ2v) is 6.72. The molecule has 0 spiro atoms. The number of carbonyl (C=O) groups excluding carboxylic acids is 4. The first-order valence-corrected chi connectivity index (χ1v) is 8.79. The van der Waals surface area contributed by atoms with E-state index in [1.165, 1.54) is 32.4 Å². The first kappa shape index (κ1) is 19.6. The zero-order valence-corrected chi connectivity index (χ0v) is 15.9. The fourth-order valence-corrected chi connectivity index (χ4v) is 3.07. The predicted octanol–water partition coefficient (Wildman–Crippen LogP) is 2.60. The summed E-state index contributed by atoms with van der Waals surface area (Å²) in [5, 5.41) is 3.30. The third kappa shape index (κ3) is 3.75. The average Bonchev–Trinajstić information content (AvgIpc) is 2.91. The summed E-state index contributed by atoms with van der Waals surface area (Å²) in [7, 11) is 2.65. The summed E-state index contributed by atoms with van der Waals surface area (Å²) < 4.78 is 4.71. The van der Waals surface area contributed by atoms with Gasteiger partial charge in [-0.3, -0.25) is 24.1 Å². The second-order valence-electron chi connectivity index (χ2n) is 6.29. The molecule has 0 saturated heterocycles. The summed E-state index contributed by atoms with van der Waals surface area (Å²) in [6, 6.07) is 10.4. The van der Waals surface area contributed by atoms with Crippen molar-refractivity contribution in [3.63, 3.8) is 0 Å². The Hall–Kier alpha value is -3.19. The van der Waals surface area contributed by atoms with E-state index in [1.807, 2.05) is 0 Å². The number of nitrogens with zero attached hydrogens (tertiary/aromatic N) is 1. The molecule has 7 nitrogen and oxygen atoms in total. The third-order valence-corrected chi connectivity index (χ3v) is 4.78. The number of fused-ring (bicyclic) bond motifs is 1. The molecule has 2 aromatic rings. The topological polar surface area (TPSA) is 92.8 Å². The van der Waals surface area contributed by atoms with Gasteiger partial charge in [-0.05, 0) is 35.9 Å². The summed E-state index contributed by atoms with van der Waals surface area (Å²) in [6.45, 7) is 0. The molecule has 0 bridgehead atoms. The number of amides is 3. The lowest BCUT2D eigenvalue weighted by atomic mass is 10.0. The normalized spacial score (nSPS) is 13.9. The monoisotopic (exact) mass is 400 g/mol. The highest BCUT2D eigenvalue weighted by Gasteiger charge is 2.33. The van der Waals surface area contributed by atoms with Crippen LogP contribution >= 0.6 is 11.6 Å². The Bertz CT molecular complexity index is 971. The van der Waals surface area contributed by atoms with Gasteiger partial charge in [0.25, 0.3) is 17.7 Å². The van der Waals surface area contributed by atoms with Gasteiger partial charge in [-0.25, -0.2) is 0 Å². The first-order valence-electron chi connectivity index (χ1n) is 8.41. The summed E-state index contributed by atoms with van der Waals surface area (Å²) in [5.74, 6) is -1.84. The molecule has 0 radical (unpaired) electrons. The van der Waals surface area contributed by atoms with Crippen LogP contribution in [0.25, 0.3) is 0 Å². The molecule has 3 amide bonds. The van der Waals surface area contributed by atoms with Gasteiger partial charge in [-0.2, -0.15) is 0 Å². The van der Waals surface area contributed by atoms with Crippen LogP contribution in [0, 0.1) is 0 Å². The number of benzene rings is 2. The van der Waals surface area contributed by atoms with Crippen molar-refractivity contribution in [3.05, 3.63) is 69.7 Å². The van der Waals surface area contributed by atoms with Gasteiger partial charge in [0.2, 0.25) is 0 Å². The molecule has 3 rings (SSSR count). The van der Waals surface area contributed by atoms with Gasteiger partial charge in [0, 0.05) is 17.6 Å². The first-order chi connectivity index (χ1) is 13.3. The number of esters is 1. The van der Waals surface area contributed by atoms with Gasteiger partial charge >= 0.3 is 5.97 Å². The van der Waals surface area contributed by atoms with Gasteiger partial charge in [0.05, 0.1) is 30.7 Å². The lowest BCUT2D eigenvalue weighted by molar-refractivity contribution is -0.141. The number of rotatable bonds is 5. The van der Waals surface area contributed by atoms with Crippen LogP contribution in [0.1, 0.15) is 49.1 Å². The number of methoxy groups -OCH3 is 1. The van der Waals surface area contributed by atoms with Crippen molar-refractivity contribution in [2.45, 2.75) is 12.5 Å². The van der Waals surface area contributed by atoms with E-state index < -0.39 is 29.7 Å². The van der Waals surface area contributed by atoms with Crippen molar-refractivity contribution in [2.24, 2.45) is 0 Å². The zero-order chi connectivity index (χ0) is 20.4. The Labute approximate surface area is 166 Å². The van der Waals surface area contributed by atoms with Crippen molar-refractivity contribution in [2.75, 3.05) is 14.2 Å². The minimum atomic E-state index is -0.648. The molecule has 0 saturated carbocycles. The molecule has 2 aromatic carbocycles. The van der Waals surface area contributed by atoms with E-state index in [0.29, 0.717) is 10.6 Å². The molecule has 8 heteroatoms. The van der Waals surface area contributed by atoms with Gasteiger partial charge < -0.3 is 10.1 Å². The number of halogens is 1. The number of ether oxygens (including phenoxy) is 1. The number of carbonyl (C=O) groups is 4. The highest BCUT2D eigenvalue weighted by molar-refractivity contribution is 6.30. The van der Waals surface area contributed by atoms with Crippen LogP contribution in [-0.4, -0.2) is 42.7 Å². The Morgan fingerprint density at radius 2 is 1.71 bits per heavy atom. The Morgan fingerprint density at radius 3 is 2.36 bits per heavy atom. The molecule has 1 aliphatic rings. The van der Waals surface area contributed by atoms with Gasteiger partial charge in [-0.15, -0.1) is 0 Å². The van der Waals surface area contributed by atoms with Gasteiger partial charge in [0.1, 0.15) is 0 Å². The summed E-state index contributed by atoms with van der Waals surface area (Å²) in [6.07, 6.45) is -0.0744. The summed E-state index contributed by atoms with van der Waals surface area (Å²) >= 11 is 5.90. The number of hydrogen-bond acceptors (Lipinski definition) is 5.